The predicted octanol–water partition coefficient (Wildman–Crippen LogP) is 2.87. The highest BCUT2D eigenvalue weighted by atomic mass is 16.5. The Kier molecular flexibility index (Phi) is 6.24. The van der Waals surface area contributed by atoms with Gasteiger partial charge >= 0.3 is 0 Å². The van der Waals surface area contributed by atoms with E-state index in [4.69, 9.17) is 4.74 Å². The zero-order chi connectivity index (χ0) is 16.6. The standard InChI is InChI=1S/C20H26N2O2/c23-20-8-7-18(17-5-2-1-3-6-17)15-19(20)16-21-9-4-10-22-11-13-24-14-12-22/h1-3,5-8,15,21,23H,4,9-14,16H2. The highest BCUT2D eigenvalue weighted by Crippen LogP contribution is 2.25. The maximum absolute atomic E-state index is 10.1. The lowest BCUT2D eigenvalue weighted by molar-refractivity contribution is 0.0374. The first-order valence-electron chi connectivity index (χ1n) is 8.71. The quantitative estimate of drug-likeness (QED) is 0.768. The molecule has 0 bridgehead atoms. The highest BCUT2D eigenvalue weighted by molar-refractivity contribution is 5.65. The van der Waals surface area contributed by atoms with Gasteiger partial charge in [0, 0.05) is 25.2 Å². The summed E-state index contributed by atoms with van der Waals surface area (Å²) in [5.74, 6) is 0.357. The molecule has 2 aromatic carbocycles. The fraction of sp³-hybridized carbons (Fsp3) is 0.400. The van der Waals surface area contributed by atoms with Gasteiger partial charge in [-0.2, -0.15) is 0 Å². The molecule has 0 aromatic heterocycles. The SMILES string of the molecule is Oc1ccc(-c2ccccc2)cc1CNCCCN1CCOCC1. The summed E-state index contributed by atoms with van der Waals surface area (Å²) in [5.41, 5.74) is 3.26. The van der Waals surface area contributed by atoms with E-state index in [2.05, 4.69) is 28.4 Å². The normalized spacial score (nSPS) is 15.5. The molecule has 128 valence electrons. The summed E-state index contributed by atoms with van der Waals surface area (Å²) in [6.07, 6.45) is 1.11. The molecule has 24 heavy (non-hydrogen) atoms. The van der Waals surface area contributed by atoms with Crippen LogP contribution in [0.1, 0.15) is 12.0 Å². The molecular weight excluding hydrogens is 300 g/mol. The molecule has 1 aliphatic rings. The average Bonchev–Trinajstić information content (AvgIpc) is 2.64. The average molecular weight is 326 g/mol. The third-order valence-electron chi connectivity index (χ3n) is 4.43. The van der Waals surface area contributed by atoms with Gasteiger partial charge in [-0.25, -0.2) is 0 Å². The number of benzene rings is 2. The Labute approximate surface area is 144 Å². The fourth-order valence-corrected chi connectivity index (χ4v) is 3.01. The van der Waals surface area contributed by atoms with Gasteiger partial charge in [0.05, 0.1) is 13.2 Å². The van der Waals surface area contributed by atoms with E-state index in [1.165, 1.54) is 5.56 Å². The minimum absolute atomic E-state index is 0.357. The Balaban J connectivity index is 1.48. The highest BCUT2D eigenvalue weighted by Gasteiger charge is 2.09. The first-order valence-corrected chi connectivity index (χ1v) is 8.71. The molecule has 0 aliphatic carbocycles. The molecule has 3 rings (SSSR count). The molecule has 0 radical (unpaired) electrons. The van der Waals surface area contributed by atoms with Crippen LogP contribution in [0.25, 0.3) is 11.1 Å². The Morgan fingerprint density at radius 1 is 1.00 bits per heavy atom. The van der Waals surface area contributed by atoms with Gasteiger partial charge in [0.25, 0.3) is 0 Å². The van der Waals surface area contributed by atoms with E-state index in [1.807, 2.05) is 24.3 Å². The molecule has 2 aromatic rings. The third kappa shape index (κ3) is 4.81. The van der Waals surface area contributed by atoms with Crippen LogP contribution in [0, 0.1) is 0 Å². The monoisotopic (exact) mass is 326 g/mol. The van der Waals surface area contributed by atoms with Crippen molar-refractivity contribution in [3.05, 3.63) is 54.1 Å². The van der Waals surface area contributed by atoms with Crippen molar-refractivity contribution >= 4 is 0 Å². The van der Waals surface area contributed by atoms with E-state index in [0.29, 0.717) is 12.3 Å². The van der Waals surface area contributed by atoms with Crippen molar-refractivity contribution in [2.75, 3.05) is 39.4 Å². The van der Waals surface area contributed by atoms with Gasteiger partial charge in [-0.1, -0.05) is 36.4 Å². The number of phenolic OH excluding ortho intramolecular Hbond substituents is 1. The van der Waals surface area contributed by atoms with Gasteiger partial charge in [-0.15, -0.1) is 0 Å². The van der Waals surface area contributed by atoms with E-state index in [-0.39, 0.29) is 0 Å². The van der Waals surface area contributed by atoms with Crippen molar-refractivity contribution in [2.24, 2.45) is 0 Å². The largest absolute Gasteiger partial charge is 0.508 e. The van der Waals surface area contributed by atoms with Crippen LogP contribution in [0.3, 0.4) is 0 Å². The van der Waals surface area contributed by atoms with Crippen LogP contribution in [-0.4, -0.2) is 49.4 Å². The lowest BCUT2D eigenvalue weighted by Gasteiger charge is -2.26. The maximum atomic E-state index is 10.1. The third-order valence-corrected chi connectivity index (χ3v) is 4.43. The second-order valence-electron chi connectivity index (χ2n) is 6.19. The zero-order valence-electron chi connectivity index (χ0n) is 14.1. The second kappa shape index (κ2) is 8.83. The molecule has 2 N–H and O–H groups in total. The summed E-state index contributed by atoms with van der Waals surface area (Å²) >= 11 is 0. The number of morpholine rings is 1. The van der Waals surface area contributed by atoms with Crippen LogP contribution in [0.15, 0.2) is 48.5 Å². The van der Waals surface area contributed by atoms with E-state index >= 15 is 0 Å². The molecule has 4 heteroatoms. The minimum Gasteiger partial charge on any atom is -0.508 e. The van der Waals surface area contributed by atoms with Crippen molar-refractivity contribution in [1.29, 1.82) is 0 Å². The Morgan fingerprint density at radius 2 is 1.79 bits per heavy atom. The first kappa shape index (κ1) is 17.0. The number of nitrogens with zero attached hydrogens (tertiary/aromatic N) is 1. The Hall–Kier alpha value is -1.88. The number of phenols is 1. The lowest BCUT2D eigenvalue weighted by atomic mass is 10.0. The number of hydrogen-bond donors (Lipinski definition) is 2. The zero-order valence-corrected chi connectivity index (χ0v) is 14.1. The fourth-order valence-electron chi connectivity index (χ4n) is 3.01. The first-order chi connectivity index (χ1) is 11.8. The van der Waals surface area contributed by atoms with Crippen LogP contribution in [0.2, 0.25) is 0 Å². The minimum atomic E-state index is 0.357. The van der Waals surface area contributed by atoms with Crippen LogP contribution in [0.5, 0.6) is 5.75 Å². The van der Waals surface area contributed by atoms with Gasteiger partial charge in [-0.05, 0) is 42.8 Å². The molecule has 1 fully saturated rings. The predicted molar refractivity (Wildman–Crippen MR) is 97.1 cm³/mol. The molecule has 0 unspecified atom stereocenters. The Morgan fingerprint density at radius 3 is 2.58 bits per heavy atom. The van der Waals surface area contributed by atoms with Gasteiger partial charge in [0.15, 0.2) is 0 Å². The lowest BCUT2D eigenvalue weighted by Crippen LogP contribution is -2.37. The maximum Gasteiger partial charge on any atom is 0.120 e. The summed E-state index contributed by atoms with van der Waals surface area (Å²) in [4.78, 5) is 2.44. The molecular formula is C20H26N2O2. The van der Waals surface area contributed by atoms with Crippen molar-refractivity contribution < 1.29 is 9.84 Å². The van der Waals surface area contributed by atoms with E-state index in [0.717, 1.165) is 56.9 Å². The second-order valence-corrected chi connectivity index (χ2v) is 6.19. The van der Waals surface area contributed by atoms with Crippen LogP contribution in [-0.2, 0) is 11.3 Å². The van der Waals surface area contributed by atoms with Crippen molar-refractivity contribution in [1.82, 2.24) is 10.2 Å². The number of aromatic hydroxyl groups is 1. The topological polar surface area (TPSA) is 44.7 Å². The summed E-state index contributed by atoms with van der Waals surface area (Å²) in [6, 6.07) is 16.1. The van der Waals surface area contributed by atoms with E-state index in [9.17, 15) is 5.11 Å². The summed E-state index contributed by atoms with van der Waals surface area (Å²) in [5, 5.41) is 13.5. The van der Waals surface area contributed by atoms with E-state index < -0.39 is 0 Å². The number of nitrogens with one attached hydrogen (secondary N) is 1. The molecule has 1 aliphatic heterocycles. The number of rotatable bonds is 7. The van der Waals surface area contributed by atoms with Crippen molar-refractivity contribution in [2.45, 2.75) is 13.0 Å². The summed E-state index contributed by atoms with van der Waals surface area (Å²) in [6.45, 7) is 6.54. The molecule has 1 heterocycles. The van der Waals surface area contributed by atoms with Gasteiger partial charge in [-0.3, -0.25) is 4.90 Å². The molecule has 0 atom stereocenters. The van der Waals surface area contributed by atoms with Crippen LogP contribution >= 0.6 is 0 Å². The Bertz CT molecular complexity index is 625. The van der Waals surface area contributed by atoms with Gasteiger partial charge < -0.3 is 15.2 Å². The number of hydrogen-bond acceptors (Lipinski definition) is 4. The van der Waals surface area contributed by atoms with Crippen LogP contribution < -0.4 is 5.32 Å². The summed E-state index contributed by atoms with van der Waals surface area (Å²) in [7, 11) is 0. The van der Waals surface area contributed by atoms with Gasteiger partial charge in [0.2, 0.25) is 0 Å². The molecule has 0 spiro atoms. The van der Waals surface area contributed by atoms with E-state index in [1.54, 1.807) is 6.07 Å². The van der Waals surface area contributed by atoms with Gasteiger partial charge in [0.1, 0.15) is 5.75 Å². The molecule has 4 nitrogen and oxygen atoms in total. The van der Waals surface area contributed by atoms with Crippen molar-refractivity contribution in [3.63, 3.8) is 0 Å². The van der Waals surface area contributed by atoms with Crippen LogP contribution in [0.4, 0.5) is 0 Å². The number of ether oxygens (including phenoxy) is 1. The molecule has 0 amide bonds. The van der Waals surface area contributed by atoms with Crippen molar-refractivity contribution in [3.8, 4) is 16.9 Å². The summed E-state index contributed by atoms with van der Waals surface area (Å²) < 4.78 is 5.36. The molecule has 0 saturated carbocycles. The smallest absolute Gasteiger partial charge is 0.120 e. The molecule has 1 saturated heterocycles.